The van der Waals surface area contributed by atoms with Crippen LogP contribution in [0, 0.1) is 29.9 Å². The number of allylic oxidation sites excluding steroid dienone is 1. The van der Waals surface area contributed by atoms with Crippen LogP contribution in [0.5, 0.6) is 0 Å². The van der Waals surface area contributed by atoms with Crippen molar-refractivity contribution >= 4 is 11.3 Å². The van der Waals surface area contributed by atoms with Crippen LogP contribution in [0.2, 0.25) is 0 Å². The number of tetrazole rings is 1. The van der Waals surface area contributed by atoms with Gasteiger partial charge in [-0.15, -0.1) is 10.2 Å². The van der Waals surface area contributed by atoms with E-state index in [9.17, 15) is 8.78 Å². The van der Waals surface area contributed by atoms with Crippen LogP contribution < -0.4 is 5.32 Å². The van der Waals surface area contributed by atoms with E-state index in [0.29, 0.717) is 0 Å². The first-order valence-electron chi connectivity index (χ1n) is 5.18. The predicted octanol–water partition coefficient (Wildman–Crippen LogP) is 1.76. The van der Waals surface area contributed by atoms with Gasteiger partial charge in [0, 0.05) is 6.20 Å². The van der Waals surface area contributed by atoms with Gasteiger partial charge in [-0.1, -0.05) is 6.07 Å². The van der Waals surface area contributed by atoms with Crippen LogP contribution >= 0.6 is 0 Å². The number of aryl methyl sites for hydroxylation is 1. The average molecular weight is 262 g/mol. The lowest BCUT2D eigenvalue weighted by Crippen LogP contribution is -2.00. The molecule has 0 aliphatic carbocycles. The number of anilines is 1. The van der Waals surface area contributed by atoms with Gasteiger partial charge in [-0.2, -0.15) is 10.5 Å². The Morgan fingerprint density at radius 3 is 2.89 bits per heavy atom. The molecular weight excluding hydrogens is 254 g/mol. The highest BCUT2D eigenvalue weighted by atomic mass is 19.1. The van der Waals surface area contributed by atoms with Crippen LogP contribution in [0.4, 0.5) is 14.5 Å². The van der Waals surface area contributed by atoms with Gasteiger partial charge in [0.05, 0.1) is 0 Å². The second kappa shape index (κ2) is 5.22. The zero-order valence-electron chi connectivity index (χ0n) is 9.78. The number of H-pyrrole nitrogens is 1. The minimum atomic E-state index is -0.759. The summed E-state index contributed by atoms with van der Waals surface area (Å²) in [5.74, 6) is -1.45. The van der Waals surface area contributed by atoms with Crippen LogP contribution in [-0.2, 0) is 0 Å². The molecule has 2 rings (SSSR count). The van der Waals surface area contributed by atoms with Crippen molar-refractivity contribution < 1.29 is 8.78 Å². The van der Waals surface area contributed by atoms with Crippen molar-refractivity contribution in [1.82, 2.24) is 20.6 Å². The summed E-state index contributed by atoms with van der Waals surface area (Å²) in [4.78, 5) is 0. The topological polar surface area (TPSA) is 90.3 Å². The van der Waals surface area contributed by atoms with Gasteiger partial charge in [0.15, 0.2) is 5.82 Å². The Kier molecular flexibility index (Phi) is 3.47. The fourth-order valence-corrected chi connectivity index (χ4v) is 1.36. The summed E-state index contributed by atoms with van der Waals surface area (Å²) in [6.45, 7) is 1.51. The molecule has 0 saturated heterocycles. The zero-order valence-corrected chi connectivity index (χ0v) is 9.78. The van der Waals surface area contributed by atoms with Crippen molar-refractivity contribution in [3.05, 3.63) is 41.4 Å². The molecule has 0 bridgehead atoms. The van der Waals surface area contributed by atoms with Crippen molar-refractivity contribution in [2.24, 2.45) is 0 Å². The fourth-order valence-electron chi connectivity index (χ4n) is 1.36. The van der Waals surface area contributed by atoms with Crippen LogP contribution in [0.25, 0.3) is 5.57 Å². The maximum Gasteiger partial charge on any atom is 0.216 e. The van der Waals surface area contributed by atoms with E-state index in [4.69, 9.17) is 5.26 Å². The molecule has 6 nitrogen and oxygen atoms in total. The van der Waals surface area contributed by atoms with Gasteiger partial charge >= 0.3 is 0 Å². The molecule has 2 aromatic rings. The SMILES string of the molecule is Cc1ccc(F)c(NC=C(C#N)c2nn[nH]n2)c1F. The number of aromatic amines is 1. The highest BCUT2D eigenvalue weighted by Crippen LogP contribution is 2.22. The van der Waals surface area contributed by atoms with Crippen molar-refractivity contribution in [2.45, 2.75) is 6.92 Å². The maximum atomic E-state index is 13.7. The molecule has 0 aliphatic heterocycles. The monoisotopic (exact) mass is 262 g/mol. The fraction of sp³-hybridized carbons (Fsp3) is 0.0909. The molecule has 0 atom stereocenters. The molecule has 0 saturated carbocycles. The molecule has 0 spiro atoms. The molecule has 0 fully saturated rings. The summed E-state index contributed by atoms with van der Waals surface area (Å²) in [5.41, 5.74) is -0.0549. The molecule has 0 amide bonds. The Bertz CT molecular complexity index is 657. The van der Waals surface area contributed by atoms with Gasteiger partial charge in [-0.25, -0.2) is 8.78 Å². The Labute approximate surface area is 106 Å². The number of nitriles is 1. The highest BCUT2D eigenvalue weighted by Gasteiger charge is 2.11. The van der Waals surface area contributed by atoms with Crippen LogP contribution in [-0.4, -0.2) is 20.6 Å². The third-order valence-electron chi connectivity index (χ3n) is 2.35. The van der Waals surface area contributed by atoms with Crippen LogP contribution in [0.15, 0.2) is 18.3 Å². The van der Waals surface area contributed by atoms with E-state index in [2.05, 4.69) is 25.9 Å². The Morgan fingerprint density at radius 2 is 2.26 bits per heavy atom. The first-order valence-corrected chi connectivity index (χ1v) is 5.18. The standard InChI is InChI=1S/C11H8F2N6/c1-6-2-3-8(12)10(9(6)13)15-5-7(4-14)11-16-18-19-17-11/h2-3,5,15H,1H3,(H,16,17,18,19). The predicted molar refractivity (Wildman–Crippen MR) is 62.5 cm³/mol. The van der Waals surface area contributed by atoms with Gasteiger partial charge < -0.3 is 5.32 Å². The van der Waals surface area contributed by atoms with E-state index in [0.717, 1.165) is 12.3 Å². The van der Waals surface area contributed by atoms with E-state index in [1.807, 2.05) is 0 Å². The molecule has 0 unspecified atom stereocenters. The van der Waals surface area contributed by atoms with E-state index in [1.165, 1.54) is 13.0 Å². The minimum Gasteiger partial charge on any atom is -0.356 e. The molecule has 1 heterocycles. The summed E-state index contributed by atoms with van der Waals surface area (Å²) >= 11 is 0. The second-order valence-electron chi connectivity index (χ2n) is 3.60. The number of hydrogen-bond acceptors (Lipinski definition) is 5. The summed E-state index contributed by atoms with van der Waals surface area (Å²) in [5, 5.41) is 24.0. The second-order valence-corrected chi connectivity index (χ2v) is 3.60. The van der Waals surface area contributed by atoms with E-state index in [1.54, 1.807) is 6.07 Å². The minimum absolute atomic E-state index is 0.00550. The Balaban J connectivity index is 2.32. The molecule has 19 heavy (non-hydrogen) atoms. The maximum absolute atomic E-state index is 13.7. The first kappa shape index (κ1) is 12.6. The average Bonchev–Trinajstić information content (AvgIpc) is 2.92. The highest BCUT2D eigenvalue weighted by molar-refractivity contribution is 5.74. The van der Waals surface area contributed by atoms with Crippen LogP contribution in [0.3, 0.4) is 0 Å². The molecule has 2 N–H and O–H groups in total. The smallest absolute Gasteiger partial charge is 0.216 e. The van der Waals surface area contributed by atoms with Crippen molar-refractivity contribution in [1.29, 1.82) is 5.26 Å². The van der Waals surface area contributed by atoms with Gasteiger partial charge in [-0.3, -0.25) is 0 Å². The summed E-state index contributed by atoms with van der Waals surface area (Å²) in [6, 6.07) is 4.25. The number of halogens is 2. The van der Waals surface area contributed by atoms with E-state index >= 15 is 0 Å². The first-order chi connectivity index (χ1) is 9.13. The molecular formula is C11H8F2N6. The third-order valence-corrected chi connectivity index (χ3v) is 2.35. The van der Waals surface area contributed by atoms with Crippen molar-refractivity contribution in [3.63, 3.8) is 0 Å². The molecule has 96 valence electrons. The van der Waals surface area contributed by atoms with Crippen molar-refractivity contribution in [2.75, 3.05) is 5.32 Å². The number of nitrogens with one attached hydrogen (secondary N) is 2. The normalized spacial score (nSPS) is 11.2. The summed E-state index contributed by atoms with van der Waals surface area (Å²) in [7, 11) is 0. The van der Waals surface area contributed by atoms with Gasteiger partial charge in [0.1, 0.15) is 23.1 Å². The molecule has 8 heteroatoms. The number of aromatic nitrogens is 4. The summed E-state index contributed by atoms with van der Waals surface area (Å²) in [6.07, 6.45) is 1.12. The lowest BCUT2D eigenvalue weighted by Gasteiger charge is -2.06. The lowest BCUT2D eigenvalue weighted by molar-refractivity contribution is 0.585. The number of nitrogens with zero attached hydrogens (tertiary/aromatic N) is 4. The Morgan fingerprint density at radius 1 is 1.47 bits per heavy atom. The van der Waals surface area contributed by atoms with Gasteiger partial charge in [-0.05, 0) is 23.8 Å². The van der Waals surface area contributed by atoms with Crippen molar-refractivity contribution in [3.8, 4) is 6.07 Å². The quantitative estimate of drug-likeness (QED) is 0.822. The Hall–Kier alpha value is -2.82. The van der Waals surface area contributed by atoms with E-state index < -0.39 is 11.6 Å². The molecule has 1 aromatic heterocycles. The zero-order chi connectivity index (χ0) is 13.8. The molecule has 0 aliphatic rings. The van der Waals surface area contributed by atoms with Gasteiger partial charge in [0.25, 0.3) is 0 Å². The van der Waals surface area contributed by atoms with Gasteiger partial charge in [0.2, 0.25) is 5.82 Å². The molecule has 1 aromatic carbocycles. The largest absolute Gasteiger partial charge is 0.356 e. The summed E-state index contributed by atoms with van der Waals surface area (Å²) < 4.78 is 27.2. The van der Waals surface area contributed by atoms with Crippen LogP contribution in [0.1, 0.15) is 11.4 Å². The third kappa shape index (κ3) is 2.55. The number of hydrogen-bond donors (Lipinski definition) is 2. The number of benzene rings is 1. The lowest BCUT2D eigenvalue weighted by atomic mass is 10.2. The van der Waals surface area contributed by atoms with E-state index in [-0.39, 0.29) is 22.6 Å². The molecule has 0 radical (unpaired) electrons. The number of rotatable bonds is 3.